The highest BCUT2D eigenvalue weighted by Gasteiger charge is 2.70. The first-order valence-corrected chi connectivity index (χ1v) is 28.0. The second kappa shape index (κ2) is 15.8. The summed E-state index contributed by atoms with van der Waals surface area (Å²) in [6, 6.07) is 57.4. The summed E-state index contributed by atoms with van der Waals surface area (Å²) in [6.45, 7) is 39.7. The van der Waals surface area contributed by atoms with Gasteiger partial charge in [-0.2, -0.15) is 0 Å². The first-order chi connectivity index (χ1) is 34.7. The molecule has 0 amide bonds. The molecule has 4 heteroatoms. The Labute approximate surface area is 445 Å². The predicted octanol–water partition coefficient (Wildman–Crippen LogP) is 17.4. The summed E-state index contributed by atoms with van der Waals surface area (Å²) in [4.78, 5) is 8.23. The molecule has 74 heavy (non-hydrogen) atoms. The third-order valence-electron chi connectivity index (χ3n) is 20.5. The lowest BCUT2D eigenvalue weighted by atomic mass is 9.33. The number of para-hydroxylation sites is 2. The lowest BCUT2D eigenvalue weighted by molar-refractivity contribution is -0.0415. The molecule has 378 valence electrons. The zero-order valence-corrected chi connectivity index (χ0v) is 47.6. The fourth-order valence-electron chi connectivity index (χ4n) is 15.1. The van der Waals surface area contributed by atoms with E-state index in [1.54, 1.807) is 0 Å². The highest BCUT2D eigenvalue weighted by Crippen LogP contribution is 2.72. The molecule has 0 N–H and O–H groups in total. The fourth-order valence-corrected chi connectivity index (χ4v) is 15.1. The Balaban J connectivity index is 1.26. The monoisotopic (exact) mass is 974 g/mol. The van der Waals surface area contributed by atoms with Crippen molar-refractivity contribution in [2.45, 2.75) is 169 Å². The van der Waals surface area contributed by atoms with E-state index in [0.29, 0.717) is 0 Å². The van der Waals surface area contributed by atoms with E-state index < -0.39 is 0 Å². The molecule has 12 rings (SSSR count). The first kappa shape index (κ1) is 48.9. The van der Waals surface area contributed by atoms with Gasteiger partial charge in [-0.1, -0.05) is 195 Å². The molecule has 1 fully saturated rings. The first-order valence-electron chi connectivity index (χ1n) is 28.0. The third kappa shape index (κ3) is 6.70. The zero-order valence-electron chi connectivity index (χ0n) is 47.6. The Kier molecular flexibility index (Phi) is 10.4. The van der Waals surface area contributed by atoms with Crippen molar-refractivity contribution in [3.8, 4) is 11.1 Å². The SMILES string of the molecule is CC(C)(C)c1ccc(N2c3cc4c(cc3B3c5ccccc5N(c5ccccc5)c5cc(N6c7ccc(C(C)(C)C)cc7C7(C)C(C)(C)CCC(C)(C)C67C)cc2c53)C(C)(C)CCC4(C)C)c(-c2ccccc2)c1. The maximum Gasteiger partial charge on any atom is 0.252 e. The summed E-state index contributed by atoms with van der Waals surface area (Å²) in [5.74, 6) is 0. The molecule has 7 aromatic rings. The molecule has 3 aliphatic heterocycles. The van der Waals surface area contributed by atoms with Crippen molar-refractivity contribution in [3.05, 3.63) is 173 Å². The van der Waals surface area contributed by atoms with Crippen LogP contribution in [0.1, 0.15) is 164 Å². The lowest BCUT2D eigenvalue weighted by Gasteiger charge is -2.65. The third-order valence-corrected chi connectivity index (χ3v) is 20.5. The molecule has 0 spiro atoms. The zero-order chi connectivity index (χ0) is 52.5. The molecular weight excluding hydrogens is 894 g/mol. The van der Waals surface area contributed by atoms with Gasteiger partial charge in [-0.05, 0) is 169 Å². The van der Waals surface area contributed by atoms with E-state index in [4.69, 9.17) is 0 Å². The summed E-state index contributed by atoms with van der Waals surface area (Å²) in [7, 11) is 0. The van der Waals surface area contributed by atoms with E-state index in [0.717, 1.165) is 19.3 Å². The van der Waals surface area contributed by atoms with Gasteiger partial charge in [0.1, 0.15) is 0 Å². The van der Waals surface area contributed by atoms with Crippen LogP contribution in [0.15, 0.2) is 146 Å². The van der Waals surface area contributed by atoms with Crippen molar-refractivity contribution in [2.24, 2.45) is 10.8 Å². The molecule has 0 bridgehead atoms. The van der Waals surface area contributed by atoms with Crippen LogP contribution in [0, 0.1) is 10.8 Å². The van der Waals surface area contributed by atoms with Crippen LogP contribution in [-0.2, 0) is 27.1 Å². The van der Waals surface area contributed by atoms with Crippen LogP contribution < -0.4 is 31.1 Å². The van der Waals surface area contributed by atoms with Crippen LogP contribution in [0.5, 0.6) is 0 Å². The minimum atomic E-state index is -0.305. The Bertz CT molecular complexity index is 3420. The fraction of sp³-hybridized carbons (Fsp3) is 0.400. The summed E-state index contributed by atoms with van der Waals surface area (Å²) in [5, 5.41) is 0. The smallest absolute Gasteiger partial charge is 0.252 e. The van der Waals surface area contributed by atoms with Gasteiger partial charge in [-0.25, -0.2) is 0 Å². The molecule has 2 atom stereocenters. The molecule has 3 heterocycles. The van der Waals surface area contributed by atoms with Gasteiger partial charge in [-0.3, -0.25) is 0 Å². The van der Waals surface area contributed by atoms with Crippen LogP contribution in [0.2, 0.25) is 0 Å². The lowest BCUT2D eigenvalue weighted by Crippen LogP contribution is -2.69. The van der Waals surface area contributed by atoms with E-state index in [1.807, 2.05) is 0 Å². The van der Waals surface area contributed by atoms with Gasteiger partial charge in [0.25, 0.3) is 6.71 Å². The Hall–Kier alpha value is -6.00. The van der Waals surface area contributed by atoms with Crippen LogP contribution >= 0.6 is 0 Å². The maximum atomic E-state index is 2.87. The van der Waals surface area contributed by atoms with E-state index in [1.165, 1.54) is 107 Å². The molecule has 0 radical (unpaired) electrons. The van der Waals surface area contributed by atoms with Gasteiger partial charge >= 0.3 is 0 Å². The molecule has 3 nitrogen and oxygen atoms in total. The number of benzene rings is 7. The summed E-state index contributed by atoms with van der Waals surface area (Å²) in [5.41, 5.74) is 23.4. The minimum absolute atomic E-state index is 0.00254. The van der Waals surface area contributed by atoms with E-state index in [9.17, 15) is 0 Å². The Morgan fingerprint density at radius 2 is 0.946 bits per heavy atom. The number of rotatable bonds is 4. The van der Waals surface area contributed by atoms with Gasteiger partial charge in [0.2, 0.25) is 0 Å². The van der Waals surface area contributed by atoms with Crippen LogP contribution in [0.4, 0.5) is 45.5 Å². The second-order valence-electron chi connectivity index (χ2n) is 28.3. The van der Waals surface area contributed by atoms with Crippen molar-refractivity contribution >= 4 is 68.6 Å². The molecule has 1 saturated carbocycles. The number of fused-ring (bicyclic) bond motifs is 8. The van der Waals surface area contributed by atoms with Crippen molar-refractivity contribution in [1.29, 1.82) is 0 Å². The molecule has 7 aromatic carbocycles. The van der Waals surface area contributed by atoms with Crippen LogP contribution in [0.3, 0.4) is 0 Å². The van der Waals surface area contributed by atoms with Crippen molar-refractivity contribution < 1.29 is 0 Å². The molecule has 2 unspecified atom stereocenters. The molecule has 0 aromatic heterocycles. The van der Waals surface area contributed by atoms with Crippen LogP contribution in [-0.4, -0.2) is 12.3 Å². The van der Waals surface area contributed by atoms with Gasteiger partial charge in [-0.15, -0.1) is 0 Å². The van der Waals surface area contributed by atoms with Gasteiger partial charge in [0, 0.05) is 50.8 Å². The minimum Gasteiger partial charge on any atom is -0.334 e. The Morgan fingerprint density at radius 1 is 0.405 bits per heavy atom. The number of nitrogens with zero attached hydrogens (tertiary/aromatic N) is 3. The van der Waals surface area contributed by atoms with E-state index >= 15 is 0 Å². The number of anilines is 8. The summed E-state index contributed by atoms with van der Waals surface area (Å²) in [6.07, 6.45) is 4.63. The standard InChI is InChI=1S/C70H80BN3/c1-63(2,3)46-31-33-56(50(39-46)45-25-19-17-20-26-45)73-59-44-52-51(65(7,8)35-36-66(52,9)10)43-55(59)71-54-29-23-24-30-58(54)72(48-27-21-18-22-28-48)60-41-49(42-61(73)62(60)71)74-57-34-32-47(64(4,5)6)40-53(57)69(15)67(11,12)37-38-68(13,14)70(69,74)16/h17-34,39-44H,35-38H2,1-16H3. The Morgan fingerprint density at radius 3 is 1.58 bits per heavy atom. The van der Waals surface area contributed by atoms with Crippen molar-refractivity contribution in [1.82, 2.24) is 0 Å². The highest BCUT2D eigenvalue weighted by atomic mass is 15.3. The maximum absolute atomic E-state index is 2.87. The largest absolute Gasteiger partial charge is 0.334 e. The van der Waals surface area contributed by atoms with Crippen molar-refractivity contribution in [3.63, 3.8) is 0 Å². The van der Waals surface area contributed by atoms with Crippen LogP contribution in [0.25, 0.3) is 11.1 Å². The normalized spacial score (nSPS) is 22.5. The molecular formula is C70H80BN3. The van der Waals surface area contributed by atoms with Gasteiger partial charge < -0.3 is 14.7 Å². The average Bonchev–Trinajstić information content (AvgIpc) is 3.61. The number of hydrogen-bond donors (Lipinski definition) is 0. The average molecular weight is 974 g/mol. The number of hydrogen-bond acceptors (Lipinski definition) is 3. The molecule has 0 saturated heterocycles. The predicted molar refractivity (Wildman–Crippen MR) is 320 cm³/mol. The highest BCUT2D eigenvalue weighted by molar-refractivity contribution is 7.00. The van der Waals surface area contributed by atoms with E-state index in [2.05, 4.69) is 271 Å². The second-order valence-corrected chi connectivity index (χ2v) is 28.3. The van der Waals surface area contributed by atoms with E-state index in [-0.39, 0.29) is 50.2 Å². The molecule has 5 aliphatic rings. The van der Waals surface area contributed by atoms with Gasteiger partial charge in [0.15, 0.2) is 0 Å². The summed E-state index contributed by atoms with van der Waals surface area (Å²) >= 11 is 0. The molecule has 2 aliphatic carbocycles. The summed E-state index contributed by atoms with van der Waals surface area (Å²) < 4.78 is 0. The van der Waals surface area contributed by atoms with Gasteiger partial charge in [0.05, 0.1) is 11.2 Å². The topological polar surface area (TPSA) is 9.72 Å². The quantitative estimate of drug-likeness (QED) is 0.163. The van der Waals surface area contributed by atoms with Crippen molar-refractivity contribution in [2.75, 3.05) is 14.7 Å².